The number of amides is 1. The molecule has 2 atom stereocenters. The number of aliphatic hydroxyl groups is 2. The molecule has 0 aliphatic carbocycles. The van der Waals surface area contributed by atoms with Crippen LogP contribution in [0.4, 0.5) is 0 Å². The van der Waals surface area contributed by atoms with Crippen LogP contribution in [-0.2, 0) is 4.79 Å². The van der Waals surface area contributed by atoms with Gasteiger partial charge in [0.05, 0.1) is 18.8 Å². The number of aliphatic hydroxyl groups excluding tert-OH is 2. The molecular formula is C61H111NO3. The minimum atomic E-state index is -0.684. The highest BCUT2D eigenvalue weighted by atomic mass is 16.3. The van der Waals surface area contributed by atoms with Gasteiger partial charge in [-0.25, -0.2) is 0 Å². The number of allylic oxidation sites excluding steroid dienone is 12. The summed E-state index contributed by atoms with van der Waals surface area (Å²) in [6.45, 7) is 4.24. The first-order valence-corrected chi connectivity index (χ1v) is 28.6. The van der Waals surface area contributed by atoms with E-state index >= 15 is 0 Å². The maximum Gasteiger partial charge on any atom is 0.220 e. The van der Waals surface area contributed by atoms with E-state index in [1.165, 1.54) is 193 Å². The summed E-state index contributed by atoms with van der Waals surface area (Å²) < 4.78 is 0. The van der Waals surface area contributed by atoms with Crippen LogP contribution >= 0.6 is 0 Å². The van der Waals surface area contributed by atoms with E-state index < -0.39 is 12.1 Å². The van der Waals surface area contributed by atoms with Crippen molar-refractivity contribution in [2.75, 3.05) is 6.61 Å². The molecule has 3 N–H and O–H groups in total. The van der Waals surface area contributed by atoms with Crippen LogP contribution in [0.1, 0.15) is 290 Å². The lowest BCUT2D eigenvalue weighted by atomic mass is 10.0. The Morgan fingerprint density at radius 3 is 0.985 bits per heavy atom. The Morgan fingerprint density at radius 1 is 0.385 bits per heavy atom. The highest BCUT2D eigenvalue weighted by molar-refractivity contribution is 5.76. The van der Waals surface area contributed by atoms with Crippen LogP contribution in [0.2, 0.25) is 0 Å². The quantitative estimate of drug-likeness (QED) is 0.0421. The summed E-state index contributed by atoms with van der Waals surface area (Å²) in [7, 11) is 0. The van der Waals surface area contributed by atoms with Crippen molar-refractivity contribution in [2.45, 2.75) is 302 Å². The van der Waals surface area contributed by atoms with Gasteiger partial charge in [0.2, 0.25) is 5.91 Å². The molecule has 0 saturated carbocycles. The van der Waals surface area contributed by atoms with E-state index in [2.05, 4.69) is 92.1 Å². The molecule has 0 rings (SSSR count). The highest BCUT2D eigenvalue weighted by Gasteiger charge is 2.20. The molecule has 0 aromatic rings. The predicted molar refractivity (Wildman–Crippen MR) is 290 cm³/mol. The molecule has 0 saturated heterocycles. The molecule has 0 fully saturated rings. The van der Waals surface area contributed by atoms with Gasteiger partial charge in [0.25, 0.3) is 0 Å². The van der Waals surface area contributed by atoms with Gasteiger partial charge >= 0.3 is 0 Å². The van der Waals surface area contributed by atoms with E-state index in [0.29, 0.717) is 12.8 Å². The maximum atomic E-state index is 12.5. The largest absolute Gasteiger partial charge is 0.394 e. The number of rotatable bonds is 52. The Kier molecular flexibility index (Phi) is 54.3. The summed E-state index contributed by atoms with van der Waals surface area (Å²) in [5.74, 6) is -0.0723. The zero-order chi connectivity index (χ0) is 47.0. The average Bonchev–Trinajstić information content (AvgIpc) is 3.31. The molecule has 378 valence electrons. The minimum Gasteiger partial charge on any atom is -0.394 e. The molecule has 0 radical (unpaired) electrons. The second-order valence-electron chi connectivity index (χ2n) is 19.3. The Balaban J connectivity index is 3.49. The Labute approximate surface area is 406 Å². The van der Waals surface area contributed by atoms with Gasteiger partial charge in [0.15, 0.2) is 0 Å². The first-order chi connectivity index (χ1) is 32.2. The van der Waals surface area contributed by atoms with Crippen molar-refractivity contribution < 1.29 is 15.0 Å². The fourth-order valence-corrected chi connectivity index (χ4v) is 8.66. The number of hydrogen-bond acceptors (Lipinski definition) is 3. The molecule has 0 aliphatic heterocycles. The summed E-state index contributed by atoms with van der Waals surface area (Å²) >= 11 is 0. The molecule has 0 aliphatic rings. The van der Waals surface area contributed by atoms with Crippen LogP contribution in [0, 0.1) is 0 Å². The summed E-state index contributed by atoms with van der Waals surface area (Å²) in [6.07, 6.45) is 80.5. The molecular weight excluding hydrogens is 795 g/mol. The van der Waals surface area contributed by atoms with Crippen molar-refractivity contribution in [1.29, 1.82) is 0 Å². The van der Waals surface area contributed by atoms with Crippen molar-refractivity contribution in [3.05, 3.63) is 72.9 Å². The highest BCUT2D eigenvalue weighted by Crippen LogP contribution is 2.18. The molecule has 0 aromatic heterocycles. The lowest BCUT2D eigenvalue weighted by Gasteiger charge is -2.22. The van der Waals surface area contributed by atoms with Crippen molar-refractivity contribution in [3.8, 4) is 0 Å². The van der Waals surface area contributed by atoms with Gasteiger partial charge in [-0.1, -0.05) is 292 Å². The molecule has 0 spiro atoms. The van der Waals surface area contributed by atoms with E-state index in [9.17, 15) is 15.0 Å². The number of carbonyl (C=O) groups is 1. The molecule has 0 bridgehead atoms. The maximum absolute atomic E-state index is 12.5. The zero-order valence-electron chi connectivity index (χ0n) is 43.5. The van der Waals surface area contributed by atoms with Crippen LogP contribution < -0.4 is 5.32 Å². The molecule has 0 heterocycles. The van der Waals surface area contributed by atoms with Crippen LogP contribution in [0.25, 0.3) is 0 Å². The number of carbonyl (C=O) groups excluding carboxylic acids is 1. The van der Waals surface area contributed by atoms with Crippen LogP contribution in [0.3, 0.4) is 0 Å². The minimum absolute atomic E-state index is 0.0723. The van der Waals surface area contributed by atoms with Gasteiger partial charge < -0.3 is 15.5 Å². The topological polar surface area (TPSA) is 69.6 Å². The normalized spacial score (nSPS) is 13.4. The van der Waals surface area contributed by atoms with Gasteiger partial charge in [-0.15, -0.1) is 0 Å². The van der Waals surface area contributed by atoms with Crippen LogP contribution in [0.15, 0.2) is 72.9 Å². The van der Waals surface area contributed by atoms with E-state index in [0.717, 1.165) is 70.6 Å². The van der Waals surface area contributed by atoms with Crippen molar-refractivity contribution in [3.63, 3.8) is 0 Å². The van der Waals surface area contributed by atoms with Crippen LogP contribution in [0.5, 0.6) is 0 Å². The number of hydrogen-bond donors (Lipinski definition) is 3. The van der Waals surface area contributed by atoms with Gasteiger partial charge in [-0.3, -0.25) is 4.79 Å². The molecule has 4 nitrogen and oxygen atoms in total. The number of nitrogens with one attached hydrogen (secondary N) is 1. The monoisotopic (exact) mass is 906 g/mol. The Bertz CT molecular complexity index is 1120. The molecule has 1 amide bonds. The fraction of sp³-hybridized carbons (Fsp3) is 0.787. The zero-order valence-corrected chi connectivity index (χ0v) is 43.5. The third-order valence-corrected chi connectivity index (χ3v) is 13.0. The van der Waals surface area contributed by atoms with Crippen molar-refractivity contribution in [1.82, 2.24) is 5.32 Å². The second-order valence-corrected chi connectivity index (χ2v) is 19.3. The van der Waals surface area contributed by atoms with Crippen molar-refractivity contribution >= 4 is 5.91 Å². The second kappa shape index (κ2) is 56.2. The third-order valence-electron chi connectivity index (χ3n) is 13.0. The van der Waals surface area contributed by atoms with E-state index in [1.807, 2.05) is 0 Å². The Hall–Kier alpha value is -2.17. The predicted octanol–water partition coefficient (Wildman–Crippen LogP) is 19.0. The molecule has 65 heavy (non-hydrogen) atoms. The smallest absolute Gasteiger partial charge is 0.220 e. The first-order valence-electron chi connectivity index (χ1n) is 28.6. The van der Waals surface area contributed by atoms with E-state index in [1.54, 1.807) is 0 Å². The standard InChI is InChI=1S/C61H111NO3/c1-3-5-7-9-11-13-15-17-19-21-23-25-26-27-28-29-30-31-32-33-34-35-37-38-40-42-44-46-48-50-52-54-56-60(64)59(58-63)62-61(65)57-55-53-51-49-47-45-43-41-39-36-24-22-20-18-16-14-12-10-8-6-4-2/h6,8,12,14,18,20,24,36,41,43,47,49,59-60,63-64H,3-5,7,9-11,13,15-17,19,21-23,25-35,37-40,42,44-46,48,50-58H2,1-2H3,(H,62,65)/b8-6-,14-12-,20-18-,36-24-,43-41-,49-47-. The first kappa shape index (κ1) is 62.8. The Morgan fingerprint density at radius 2 is 0.677 bits per heavy atom. The molecule has 4 heteroatoms. The summed E-state index contributed by atoms with van der Waals surface area (Å²) in [6, 6.07) is -0.565. The average molecular weight is 907 g/mol. The van der Waals surface area contributed by atoms with Gasteiger partial charge in [0.1, 0.15) is 0 Å². The molecule has 2 unspecified atom stereocenters. The SMILES string of the molecule is CC/C=C\C/C=C\C/C=C\C/C=C\C/C=C\C/C=C\CCCCC(=O)NC(CO)C(O)CCCCCCCCCCCCCCCCCCCCCCCCCCCCCCCCCC. The lowest BCUT2D eigenvalue weighted by molar-refractivity contribution is -0.123. The third kappa shape index (κ3) is 52.7. The lowest BCUT2D eigenvalue weighted by Crippen LogP contribution is -2.45. The van der Waals surface area contributed by atoms with E-state index in [-0.39, 0.29) is 12.5 Å². The van der Waals surface area contributed by atoms with Crippen molar-refractivity contribution in [2.24, 2.45) is 0 Å². The summed E-state index contributed by atoms with van der Waals surface area (Å²) in [5, 5.41) is 23.3. The van der Waals surface area contributed by atoms with Gasteiger partial charge in [0, 0.05) is 6.42 Å². The number of unbranched alkanes of at least 4 members (excludes halogenated alkanes) is 33. The molecule has 0 aromatic carbocycles. The van der Waals surface area contributed by atoms with Gasteiger partial charge in [-0.2, -0.15) is 0 Å². The fourth-order valence-electron chi connectivity index (χ4n) is 8.66. The summed E-state index contributed by atoms with van der Waals surface area (Å²) in [4.78, 5) is 12.5. The van der Waals surface area contributed by atoms with Gasteiger partial charge in [-0.05, 0) is 64.2 Å². The van der Waals surface area contributed by atoms with Crippen LogP contribution in [-0.4, -0.2) is 34.9 Å². The summed E-state index contributed by atoms with van der Waals surface area (Å²) in [5.41, 5.74) is 0. The van der Waals surface area contributed by atoms with E-state index in [4.69, 9.17) is 0 Å².